The zero-order chi connectivity index (χ0) is 17.8. The van der Waals surface area contributed by atoms with E-state index >= 15 is 0 Å². The van der Waals surface area contributed by atoms with Crippen LogP contribution in [0.4, 0.5) is 0 Å². The van der Waals surface area contributed by atoms with Gasteiger partial charge in [-0.15, -0.1) is 10.2 Å². The quantitative estimate of drug-likeness (QED) is 0.521. The summed E-state index contributed by atoms with van der Waals surface area (Å²) >= 11 is 0.939. The van der Waals surface area contributed by atoms with E-state index < -0.39 is 5.97 Å². The van der Waals surface area contributed by atoms with Crippen LogP contribution in [0.1, 0.15) is 11.3 Å². The third-order valence-electron chi connectivity index (χ3n) is 3.28. The molecule has 0 atom stereocenters. The summed E-state index contributed by atoms with van der Waals surface area (Å²) in [6.07, 6.45) is 2.96. The number of thioether (sulfide) groups is 1. The summed E-state index contributed by atoms with van der Waals surface area (Å²) < 4.78 is 6.68. The van der Waals surface area contributed by atoms with Gasteiger partial charge in [0, 0.05) is 11.3 Å². The molecule has 0 bridgehead atoms. The molecule has 0 fully saturated rings. The Morgan fingerprint density at radius 3 is 2.88 bits per heavy atom. The molecule has 0 amide bonds. The van der Waals surface area contributed by atoms with Crippen molar-refractivity contribution >= 4 is 23.9 Å². The van der Waals surface area contributed by atoms with Crippen molar-refractivity contribution in [3.63, 3.8) is 0 Å². The second kappa shape index (κ2) is 7.22. The van der Waals surface area contributed by atoms with Crippen LogP contribution in [-0.4, -0.2) is 37.9 Å². The lowest BCUT2D eigenvalue weighted by molar-refractivity contribution is -0.301. The number of nitrogens with zero attached hydrogens (tertiary/aromatic N) is 4. The van der Waals surface area contributed by atoms with E-state index in [9.17, 15) is 15.0 Å². The molecule has 0 saturated heterocycles. The molecule has 2 aromatic heterocycles. The number of aromatic nitrogens is 3. The van der Waals surface area contributed by atoms with E-state index in [1.54, 1.807) is 37.3 Å². The molecule has 0 aliphatic heterocycles. The minimum absolute atomic E-state index is 0.0734. The topological polar surface area (TPSA) is 117 Å². The smallest absolute Gasteiger partial charge is 0.212 e. The van der Waals surface area contributed by atoms with Gasteiger partial charge in [0.15, 0.2) is 5.82 Å². The Hall–Kier alpha value is -3.07. The van der Waals surface area contributed by atoms with Crippen LogP contribution in [0, 0.1) is 6.92 Å². The average molecular weight is 357 g/mol. The summed E-state index contributed by atoms with van der Waals surface area (Å²) in [6.45, 7) is 1.77. The number of para-hydroxylation sites is 1. The van der Waals surface area contributed by atoms with Crippen LogP contribution < -0.4 is 5.11 Å². The number of hydrogen-bond donors (Lipinski definition) is 1. The number of phenolic OH excluding ortho intramolecular Hbond substituents is 1. The van der Waals surface area contributed by atoms with E-state index in [1.807, 2.05) is 0 Å². The second-order valence-electron chi connectivity index (χ2n) is 4.97. The monoisotopic (exact) mass is 357 g/mol. The Balaban J connectivity index is 2.02. The maximum atomic E-state index is 10.7. The molecule has 8 nitrogen and oxygen atoms in total. The number of carbonyl (C=O) groups excluding carboxylic acids is 1. The molecule has 1 N–H and O–H groups in total. The summed E-state index contributed by atoms with van der Waals surface area (Å²) in [5.74, 6) is -0.398. The van der Waals surface area contributed by atoms with Crippen molar-refractivity contribution in [3.05, 3.63) is 47.9 Å². The van der Waals surface area contributed by atoms with Crippen molar-refractivity contribution in [1.29, 1.82) is 0 Å². The molecule has 25 heavy (non-hydrogen) atoms. The fraction of sp³-hybridized carbons (Fsp3) is 0.125. The average Bonchev–Trinajstić information content (AvgIpc) is 3.17. The Morgan fingerprint density at radius 1 is 1.40 bits per heavy atom. The van der Waals surface area contributed by atoms with E-state index in [-0.39, 0.29) is 16.7 Å². The standard InChI is InChI=1S/C16H14N4O4S/c1-10-12(6-7-24-10)15-18-19-16(25-9-14(22)23)20(15)17-8-11-4-2-3-5-13(11)21/h2-8,21H,9H2,1H3,(H,22,23)/p-1/b17-8+. The number of hydrogen-bond acceptors (Lipinski definition) is 8. The molecular formula is C16H13N4O4S-. The molecule has 9 heteroatoms. The number of phenols is 1. The van der Waals surface area contributed by atoms with Crippen molar-refractivity contribution in [2.45, 2.75) is 12.1 Å². The van der Waals surface area contributed by atoms with Crippen molar-refractivity contribution < 1.29 is 19.4 Å². The molecule has 0 unspecified atom stereocenters. The van der Waals surface area contributed by atoms with Crippen LogP contribution in [0.3, 0.4) is 0 Å². The summed E-state index contributed by atoms with van der Waals surface area (Å²) in [6, 6.07) is 8.42. The van der Waals surface area contributed by atoms with E-state index in [0.29, 0.717) is 22.7 Å². The van der Waals surface area contributed by atoms with Gasteiger partial charge >= 0.3 is 0 Å². The van der Waals surface area contributed by atoms with Crippen molar-refractivity contribution in [1.82, 2.24) is 14.9 Å². The van der Waals surface area contributed by atoms with Crippen LogP contribution in [0.2, 0.25) is 0 Å². The highest BCUT2D eigenvalue weighted by atomic mass is 32.2. The molecule has 2 heterocycles. The first-order valence-corrected chi connectivity index (χ1v) is 8.19. The van der Waals surface area contributed by atoms with E-state index in [0.717, 1.165) is 11.8 Å². The lowest BCUT2D eigenvalue weighted by atomic mass is 10.2. The van der Waals surface area contributed by atoms with Crippen LogP contribution in [0.15, 0.2) is 51.3 Å². The third kappa shape index (κ3) is 3.72. The molecule has 0 aliphatic carbocycles. The van der Waals surface area contributed by atoms with Gasteiger partial charge in [-0.1, -0.05) is 23.9 Å². The van der Waals surface area contributed by atoms with E-state index in [1.165, 1.54) is 17.2 Å². The van der Waals surface area contributed by atoms with Crippen LogP contribution in [-0.2, 0) is 4.79 Å². The molecule has 0 spiro atoms. The number of aliphatic carboxylic acids is 1. The molecule has 0 radical (unpaired) electrons. The maximum absolute atomic E-state index is 10.7. The molecule has 128 valence electrons. The number of carbonyl (C=O) groups is 1. The van der Waals surface area contributed by atoms with Gasteiger partial charge in [0.25, 0.3) is 0 Å². The third-order valence-corrected chi connectivity index (χ3v) is 4.17. The largest absolute Gasteiger partial charge is 0.549 e. The number of rotatable bonds is 6. The number of benzene rings is 1. The number of carboxylic acid groups (broad SMARTS) is 1. The highest BCUT2D eigenvalue weighted by Crippen LogP contribution is 2.27. The van der Waals surface area contributed by atoms with Gasteiger partial charge in [0.05, 0.1) is 24.0 Å². The zero-order valence-electron chi connectivity index (χ0n) is 13.1. The number of carboxylic acids is 1. The lowest BCUT2D eigenvalue weighted by Gasteiger charge is -2.05. The van der Waals surface area contributed by atoms with Gasteiger partial charge in [-0.2, -0.15) is 9.78 Å². The highest BCUT2D eigenvalue weighted by Gasteiger charge is 2.17. The van der Waals surface area contributed by atoms with E-state index in [4.69, 9.17) is 4.42 Å². The summed E-state index contributed by atoms with van der Waals surface area (Å²) in [4.78, 5) is 10.7. The van der Waals surface area contributed by atoms with Gasteiger partial charge in [0.2, 0.25) is 5.16 Å². The first-order chi connectivity index (χ1) is 12.1. The molecule has 3 rings (SSSR count). The molecule has 0 saturated carbocycles. The predicted octanol–water partition coefficient (Wildman–Crippen LogP) is 1.28. The van der Waals surface area contributed by atoms with Gasteiger partial charge < -0.3 is 19.4 Å². The number of aromatic hydroxyl groups is 1. The predicted molar refractivity (Wildman–Crippen MR) is 89.3 cm³/mol. The summed E-state index contributed by atoms with van der Waals surface area (Å²) in [5, 5.41) is 33.2. The van der Waals surface area contributed by atoms with Crippen LogP contribution >= 0.6 is 11.8 Å². The van der Waals surface area contributed by atoms with Gasteiger partial charge in [-0.3, -0.25) is 0 Å². The number of aryl methyl sites for hydroxylation is 1. The van der Waals surface area contributed by atoms with Crippen LogP contribution in [0.5, 0.6) is 5.75 Å². The minimum atomic E-state index is -1.22. The minimum Gasteiger partial charge on any atom is -0.549 e. The fourth-order valence-corrected chi connectivity index (χ4v) is 2.69. The number of furan rings is 1. The SMILES string of the molecule is Cc1occc1-c1nnc(SCC(=O)[O-])n1/N=C/c1ccccc1O. The first kappa shape index (κ1) is 16.8. The second-order valence-corrected chi connectivity index (χ2v) is 5.92. The first-order valence-electron chi connectivity index (χ1n) is 7.21. The van der Waals surface area contributed by atoms with Gasteiger partial charge in [0.1, 0.15) is 11.5 Å². The Morgan fingerprint density at radius 2 is 2.20 bits per heavy atom. The van der Waals surface area contributed by atoms with Crippen molar-refractivity contribution in [3.8, 4) is 17.1 Å². The molecule has 1 aromatic carbocycles. The normalized spacial score (nSPS) is 11.2. The molecular weight excluding hydrogens is 344 g/mol. The summed E-state index contributed by atoms with van der Waals surface area (Å²) in [7, 11) is 0. The fourth-order valence-electron chi connectivity index (χ4n) is 2.08. The van der Waals surface area contributed by atoms with Gasteiger partial charge in [-0.05, 0) is 25.1 Å². The molecule has 0 aliphatic rings. The van der Waals surface area contributed by atoms with Crippen LogP contribution in [0.25, 0.3) is 11.4 Å². The van der Waals surface area contributed by atoms with Crippen molar-refractivity contribution in [2.75, 3.05) is 5.75 Å². The Bertz CT molecular complexity index is 932. The highest BCUT2D eigenvalue weighted by molar-refractivity contribution is 7.99. The lowest BCUT2D eigenvalue weighted by Crippen LogP contribution is -2.24. The van der Waals surface area contributed by atoms with E-state index in [2.05, 4.69) is 15.3 Å². The Kier molecular flexibility index (Phi) is 4.85. The van der Waals surface area contributed by atoms with Crippen molar-refractivity contribution in [2.24, 2.45) is 5.10 Å². The Labute approximate surface area is 146 Å². The maximum Gasteiger partial charge on any atom is 0.212 e. The zero-order valence-corrected chi connectivity index (χ0v) is 13.9. The molecule has 3 aromatic rings. The van der Waals surface area contributed by atoms with Gasteiger partial charge in [-0.25, -0.2) is 0 Å². The summed E-state index contributed by atoms with van der Waals surface area (Å²) in [5.41, 5.74) is 1.18.